The number of carbonyl (C=O) groups is 1. The molecule has 1 unspecified atom stereocenters. The van der Waals surface area contributed by atoms with Gasteiger partial charge in [0.25, 0.3) is 5.91 Å². The number of rotatable bonds is 2. The smallest absolute Gasteiger partial charge is 0.273 e. The minimum atomic E-state index is -0.0177. The Morgan fingerprint density at radius 1 is 1.41 bits per heavy atom. The third-order valence-electron chi connectivity index (χ3n) is 3.55. The van der Waals surface area contributed by atoms with Crippen molar-refractivity contribution in [2.24, 2.45) is 0 Å². The highest BCUT2D eigenvalue weighted by molar-refractivity contribution is 7.13. The van der Waals surface area contributed by atoms with Crippen LogP contribution in [0.5, 0.6) is 0 Å². The van der Waals surface area contributed by atoms with E-state index in [0.717, 1.165) is 17.1 Å². The third kappa shape index (κ3) is 3.27. The average Bonchev–Trinajstić information content (AvgIpc) is 2.99. The Morgan fingerprint density at radius 2 is 2.23 bits per heavy atom. The van der Waals surface area contributed by atoms with Crippen LogP contribution in [0.2, 0.25) is 10.0 Å². The molecule has 0 aliphatic carbocycles. The fourth-order valence-electron chi connectivity index (χ4n) is 2.41. The summed E-state index contributed by atoms with van der Waals surface area (Å²) in [5, 5.41) is 6.88. The summed E-state index contributed by atoms with van der Waals surface area (Å²) in [6.45, 7) is 4.31. The molecule has 1 amide bonds. The van der Waals surface area contributed by atoms with Gasteiger partial charge in [-0.05, 0) is 19.1 Å². The number of hydrogen-bond acceptors (Lipinski definition) is 4. The number of carbonyl (C=O) groups excluding carboxylic acids is 1. The Hall–Kier alpha value is -1.14. The van der Waals surface area contributed by atoms with E-state index in [1.54, 1.807) is 17.5 Å². The second kappa shape index (κ2) is 6.54. The Morgan fingerprint density at radius 3 is 2.95 bits per heavy atom. The lowest BCUT2D eigenvalue weighted by Crippen LogP contribution is -2.51. The number of benzene rings is 1. The van der Waals surface area contributed by atoms with Gasteiger partial charge in [0.05, 0.1) is 10.0 Å². The largest absolute Gasteiger partial charge is 0.334 e. The predicted octanol–water partition coefficient (Wildman–Crippen LogP) is 3.55. The first-order valence-electron chi connectivity index (χ1n) is 6.98. The van der Waals surface area contributed by atoms with Crippen LogP contribution in [0.15, 0.2) is 23.6 Å². The molecular formula is C15H15Cl2N3OS. The minimum Gasteiger partial charge on any atom is -0.334 e. The zero-order valence-corrected chi connectivity index (χ0v) is 14.3. The van der Waals surface area contributed by atoms with Crippen LogP contribution < -0.4 is 5.32 Å². The molecule has 1 atom stereocenters. The summed E-state index contributed by atoms with van der Waals surface area (Å²) in [5.41, 5.74) is 1.35. The van der Waals surface area contributed by atoms with Crippen molar-refractivity contribution >= 4 is 40.4 Å². The molecular weight excluding hydrogens is 341 g/mol. The summed E-state index contributed by atoms with van der Waals surface area (Å²) < 4.78 is 0. The first-order valence-corrected chi connectivity index (χ1v) is 8.62. The molecule has 2 heterocycles. The predicted molar refractivity (Wildman–Crippen MR) is 90.9 cm³/mol. The van der Waals surface area contributed by atoms with Crippen LogP contribution in [-0.4, -0.2) is 41.5 Å². The van der Waals surface area contributed by atoms with Gasteiger partial charge in [-0.15, -0.1) is 11.3 Å². The molecule has 0 spiro atoms. The first kappa shape index (κ1) is 15.7. The maximum atomic E-state index is 12.5. The van der Waals surface area contributed by atoms with E-state index in [0.29, 0.717) is 34.9 Å². The highest BCUT2D eigenvalue weighted by Crippen LogP contribution is 2.30. The van der Waals surface area contributed by atoms with E-state index in [-0.39, 0.29) is 5.91 Å². The minimum absolute atomic E-state index is 0.0177. The molecule has 2 aromatic rings. The van der Waals surface area contributed by atoms with E-state index >= 15 is 0 Å². The topological polar surface area (TPSA) is 45.2 Å². The van der Waals surface area contributed by atoms with E-state index in [4.69, 9.17) is 23.2 Å². The van der Waals surface area contributed by atoms with Gasteiger partial charge in [-0.2, -0.15) is 0 Å². The summed E-state index contributed by atoms with van der Waals surface area (Å²) >= 11 is 13.4. The number of aromatic nitrogens is 1. The van der Waals surface area contributed by atoms with E-state index in [1.165, 1.54) is 11.3 Å². The van der Waals surface area contributed by atoms with Crippen molar-refractivity contribution in [3.63, 3.8) is 0 Å². The molecule has 0 saturated carbocycles. The molecule has 7 heteroatoms. The van der Waals surface area contributed by atoms with Gasteiger partial charge in [0.1, 0.15) is 10.7 Å². The monoisotopic (exact) mass is 355 g/mol. The molecule has 4 nitrogen and oxygen atoms in total. The van der Waals surface area contributed by atoms with Crippen molar-refractivity contribution in [2.75, 3.05) is 19.6 Å². The Kier molecular flexibility index (Phi) is 4.68. The quantitative estimate of drug-likeness (QED) is 0.895. The number of piperazine rings is 1. The Balaban J connectivity index is 1.81. The summed E-state index contributed by atoms with van der Waals surface area (Å²) in [6, 6.07) is 5.67. The van der Waals surface area contributed by atoms with Crippen LogP contribution in [0.3, 0.4) is 0 Å². The van der Waals surface area contributed by atoms with Crippen LogP contribution in [0, 0.1) is 0 Å². The fraction of sp³-hybridized carbons (Fsp3) is 0.333. The first-order chi connectivity index (χ1) is 10.5. The van der Waals surface area contributed by atoms with Crippen LogP contribution in [0.1, 0.15) is 17.4 Å². The second-order valence-electron chi connectivity index (χ2n) is 5.27. The van der Waals surface area contributed by atoms with Crippen molar-refractivity contribution < 1.29 is 4.79 Å². The molecule has 1 aliphatic rings. The van der Waals surface area contributed by atoms with Crippen molar-refractivity contribution in [1.82, 2.24) is 15.2 Å². The van der Waals surface area contributed by atoms with E-state index < -0.39 is 0 Å². The molecule has 0 bridgehead atoms. The lowest BCUT2D eigenvalue weighted by atomic mass is 10.2. The lowest BCUT2D eigenvalue weighted by Gasteiger charge is -2.31. The Labute approximate surface area is 143 Å². The molecule has 1 saturated heterocycles. The van der Waals surface area contributed by atoms with Gasteiger partial charge in [0, 0.05) is 36.6 Å². The maximum Gasteiger partial charge on any atom is 0.273 e. The van der Waals surface area contributed by atoms with Crippen LogP contribution in [0.25, 0.3) is 10.6 Å². The molecule has 1 fully saturated rings. The second-order valence-corrected chi connectivity index (χ2v) is 6.95. The van der Waals surface area contributed by atoms with Gasteiger partial charge < -0.3 is 10.2 Å². The number of nitrogens with zero attached hydrogens (tertiary/aromatic N) is 2. The zero-order chi connectivity index (χ0) is 15.7. The Bertz CT molecular complexity index is 704. The molecule has 1 aliphatic heterocycles. The van der Waals surface area contributed by atoms with Crippen LogP contribution in [0.4, 0.5) is 0 Å². The number of nitrogens with one attached hydrogen (secondary N) is 1. The highest BCUT2D eigenvalue weighted by atomic mass is 35.5. The van der Waals surface area contributed by atoms with Crippen molar-refractivity contribution in [3.05, 3.63) is 39.3 Å². The normalized spacial score (nSPS) is 18.5. The van der Waals surface area contributed by atoms with Crippen molar-refractivity contribution in [2.45, 2.75) is 13.0 Å². The summed E-state index contributed by atoms with van der Waals surface area (Å²) in [5.74, 6) is -0.0177. The standard InChI is InChI=1S/C15H15Cl2N3OS/c1-9-7-20(5-4-18-9)15(21)13-8-22-14(19-13)10-2-3-11(16)12(17)6-10/h2-3,6,8-9,18H,4-5,7H2,1H3. The molecule has 1 aromatic carbocycles. The van der Waals surface area contributed by atoms with Gasteiger partial charge in [0.15, 0.2) is 0 Å². The zero-order valence-electron chi connectivity index (χ0n) is 12.0. The van der Waals surface area contributed by atoms with E-state index in [9.17, 15) is 4.79 Å². The summed E-state index contributed by atoms with van der Waals surface area (Å²) in [6.07, 6.45) is 0. The molecule has 1 aromatic heterocycles. The van der Waals surface area contributed by atoms with Gasteiger partial charge in [-0.1, -0.05) is 29.3 Å². The third-order valence-corrected chi connectivity index (χ3v) is 5.18. The van der Waals surface area contributed by atoms with E-state index in [2.05, 4.69) is 17.2 Å². The van der Waals surface area contributed by atoms with E-state index in [1.807, 2.05) is 11.0 Å². The van der Waals surface area contributed by atoms with Crippen LogP contribution in [-0.2, 0) is 0 Å². The van der Waals surface area contributed by atoms with Crippen LogP contribution >= 0.6 is 34.5 Å². The van der Waals surface area contributed by atoms with Gasteiger partial charge in [-0.3, -0.25) is 4.79 Å². The van der Waals surface area contributed by atoms with Gasteiger partial charge in [-0.25, -0.2) is 4.98 Å². The molecule has 22 heavy (non-hydrogen) atoms. The summed E-state index contributed by atoms with van der Waals surface area (Å²) in [4.78, 5) is 18.8. The molecule has 3 rings (SSSR count). The summed E-state index contributed by atoms with van der Waals surface area (Å²) in [7, 11) is 0. The molecule has 1 N–H and O–H groups in total. The molecule has 116 valence electrons. The van der Waals surface area contributed by atoms with Crippen molar-refractivity contribution in [1.29, 1.82) is 0 Å². The highest BCUT2D eigenvalue weighted by Gasteiger charge is 2.23. The van der Waals surface area contributed by atoms with Gasteiger partial charge in [0.2, 0.25) is 0 Å². The number of thiazole rings is 1. The van der Waals surface area contributed by atoms with Gasteiger partial charge >= 0.3 is 0 Å². The average molecular weight is 356 g/mol. The number of hydrogen-bond donors (Lipinski definition) is 1. The lowest BCUT2D eigenvalue weighted by molar-refractivity contribution is 0.0704. The maximum absolute atomic E-state index is 12.5. The number of halogens is 2. The fourth-order valence-corrected chi connectivity index (χ4v) is 3.50. The number of amides is 1. The molecule has 0 radical (unpaired) electrons. The van der Waals surface area contributed by atoms with Crippen molar-refractivity contribution in [3.8, 4) is 10.6 Å². The SMILES string of the molecule is CC1CN(C(=O)c2csc(-c3ccc(Cl)c(Cl)c3)n2)CCN1.